The number of hydrogen-bond acceptors (Lipinski definition) is 4. The standard InChI is InChI=1S/C20H30N2O3.ClH/c1-24-16-20(9-11-21-12-10-20)19(23)22-13-7-17(8-14-22)15-25-18-5-3-2-4-6-18;/h2-6,17,21H,7-16H2,1H3;1H. The van der Waals surface area contributed by atoms with Crippen LogP contribution in [0.25, 0.3) is 0 Å². The first-order valence-corrected chi connectivity index (χ1v) is 9.40. The maximum Gasteiger partial charge on any atom is 0.231 e. The third kappa shape index (κ3) is 5.12. The molecule has 2 saturated heterocycles. The van der Waals surface area contributed by atoms with Crippen LogP contribution in [0, 0.1) is 11.3 Å². The average molecular weight is 383 g/mol. The molecule has 0 atom stereocenters. The molecule has 26 heavy (non-hydrogen) atoms. The van der Waals surface area contributed by atoms with E-state index >= 15 is 0 Å². The Morgan fingerprint density at radius 3 is 2.46 bits per heavy atom. The Hall–Kier alpha value is -1.30. The molecule has 6 heteroatoms. The monoisotopic (exact) mass is 382 g/mol. The molecule has 2 aliphatic heterocycles. The van der Waals surface area contributed by atoms with Gasteiger partial charge in [0.25, 0.3) is 0 Å². The highest BCUT2D eigenvalue weighted by Gasteiger charge is 2.42. The lowest BCUT2D eigenvalue weighted by Gasteiger charge is -2.42. The van der Waals surface area contributed by atoms with Gasteiger partial charge in [-0.25, -0.2) is 0 Å². The summed E-state index contributed by atoms with van der Waals surface area (Å²) in [5, 5.41) is 3.35. The predicted molar refractivity (Wildman–Crippen MR) is 105 cm³/mol. The first kappa shape index (κ1) is 21.0. The summed E-state index contributed by atoms with van der Waals surface area (Å²) < 4.78 is 11.3. The minimum absolute atomic E-state index is 0. The van der Waals surface area contributed by atoms with Gasteiger partial charge < -0.3 is 19.7 Å². The van der Waals surface area contributed by atoms with Crippen molar-refractivity contribution in [1.29, 1.82) is 0 Å². The minimum Gasteiger partial charge on any atom is -0.493 e. The van der Waals surface area contributed by atoms with Crippen molar-refractivity contribution in [3.63, 3.8) is 0 Å². The van der Waals surface area contributed by atoms with Crippen LogP contribution in [0.15, 0.2) is 30.3 Å². The Morgan fingerprint density at radius 2 is 1.85 bits per heavy atom. The van der Waals surface area contributed by atoms with E-state index in [1.54, 1.807) is 7.11 Å². The van der Waals surface area contributed by atoms with Gasteiger partial charge in [0.15, 0.2) is 0 Å². The van der Waals surface area contributed by atoms with Crippen molar-refractivity contribution in [2.24, 2.45) is 11.3 Å². The van der Waals surface area contributed by atoms with Crippen LogP contribution in [0.4, 0.5) is 0 Å². The van der Waals surface area contributed by atoms with Gasteiger partial charge in [-0.1, -0.05) is 18.2 Å². The van der Waals surface area contributed by atoms with Gasteiger partial charge in [-0.2, -0.15) is 0 Å². The molecule has 0 bridgehead atoms. The number of carbonyl (C=O) groups is 1. The van der Waals surface area contributed by atoms with Gasteiger partial charge >= 0.3 is 0 Å². The molecule has 3 rings (SSSR count). The maximum atomic E-state index is 13.1. The summed E-state index contributed by atoms with van der Waals surface area (Å²) in [6.07, 6.45) is 3.77. The summed E-state index contributed by atoms with van der Waals surface area (Å²) in [7, 11) is 1.70. The van der Waals surface area contributed by atoms with E-state index in [9.17, 15) is 4.79 Å². The average Bonchev–Trinajstić information content (AvgIpc) is 2.68. The first-order valence-electron chi connectivity index (χ1n) is 9.40. The van der Waals surface area contributed by atoms with Gasteiger partial charge in [0.05, 0.1) is 18.6 Å². The molecular weight excluding hydrogens is 352 g/mol. The van der Waals surface area contributed by atoms with Crippen molar-refractivity contribution in [1.82, 2.24) is 10.2 Å². The third-order valence-corrected chi connectivity index (χ3v) is 5.57. The number of ether oxygens (including phenoxy) is 2. The largest absolute Gasteiger partial charge is 0.493 e. The second-order valence-electron chi connectivity index (χ2n) is 7.32. The van der Waals surface area contributed by atoms with Gasteiger partial charge in [-0.05, 0) is 56.8 Å². The second-order valence-corrected chi connectivity index (χ2v) is 7.32. The molecule has 0 saturated carbocycles. The van der Waals surface area contributed by atoms with E-state index in [4.69, 9.17) is 9.47 Å². The molecule has 0 radical (unpaired) electrons. The van der Waals surface area contributed by atoms with E-state index in [2.05, 4.69) is 10.2 Å². The van der Waals surface area contributed by atoms with Crippen LogP contribution in [0.1, 0.15) is 25.7 Å². The second kappa shape index (κ2) is 10.1. The van der Waals surface area contributed by atoms with Crippen molar-refractivity contribution in [2.45, 2.75) is 25.7 Å². The number of methoxy groups -OCH3 is 1. The van der Waals surface area contributed by atoms with Crippen LogP contribution >= 0.6 is 12.4 Å². The lowest BCUT2D eigenvalue weighted by molar-refractivity contribution is -0.149. The van der Waals surface area contributed by atoms with E-state index in [0.29, 0.717) is 18.4 Å². The molecule has 2 aliphatic rings. The lowest BCUT2D eigenvalue weighted by atomic mass is 9.77. The highest BCUT2D eigenvalue weighted by Crippen LogP contribution is 2.33. The summed E-state index contributed by atoms with van der Waals surface area (Å²) in [6, 6.07) is 9.96. The third-order valence-electron chi connectivity index (χ3n) is 5.57. The summed E-state index contributed by atoms with van der Waals surface area (Å²) >= 11 is 0. The van der Waals surface area contributed by atoms with Crippen molar-refractivity contribution in [3.8, 4) is 5.75 Å². The van der Waals surface area contributed by atoms with Crippen LogP contribution in [0.5, 0.6) is 5.75 Å². The quantitative estimate of drug-likeness (QED) is 0.821. The molecule has 1 amide bonds. The minimum atomic E-state index is -0.326. The van der Waals surface area contributed by atoms with Gasteiger partial charge in [-0.3, -0.25) is 4.79 Å². The molecule has 0 aliphatic carbocycles. The number of benzene rings is 1. The van der Waals surface area contributed by atoms with E-state index in [0.717, 1.165) is 64.2 Å². The number of likely N-dealkylation sites (tertiary alicyclic amines) is 1. The normalized spacial score (nSPS) is 20.3. The number of rotatable bonds is 6. The fourth-order valence-electron chi connectivity index (χ4n) is 3.97. The molecule has 1 aromatic carbocycles. The summed E-state index contributed by atoms with van der Waals surface area (Å²) in [5.41, 5.74) is -0.326. The Morgan fingerprint density at radius 1 is 1.19 bits per heavy atom. The predicted octanol–water partition coefficient (Wildman–Crippen LogP) is 2.74. The number of para-hydroxylation sites is 1. The molecule has 1 aromatic rings. The maximum absolute atomic E-state index is 13.1. The molecular formula is C20H31ClN2O3. The zero-order valence-electron chi connectivity index (χ0n) is 15.6. The fourth-order valence-corrected chi connectivity index (χ4v) is 3.97. The molecule has 146 valence electrons. The first-order chi connectivity index (χ1) is 12.2. The van der Waals surface area contributed by atoms with Crippen molar-refractivity contribution in [3.05, 3.63) is 30.3 Å². The summed E-state index contributed by atoms with van der Waals surface area (Å²) in [4.78, 5) is 15.2. The highest BCUT2D eigenvalue weighted by atomic mass is 35.5. The van der Waals surface area contributed by atoms with Crippen molar-refractivity contribution < 1.29 is 14.3 Å². The molecule has 0 spiro atoms. The van der Waals surface area contributed by atoms with Crippen molar-refractivity contribution in [2.75, 3.05) is 46.5 Å². The van der Waals surface area contributed by atoms with Gasteiger partial charge in [0, 0.05) is 20.2 Å². The number of nitrogens with zero attached hydrogens (tertiary/aromatic N) is 1. The number of carbonyl (C=O) groups excluding carboxylic acids is 1. The number of nitrogens with one attached hydrogen (secondary N) is 1. The molecule has 2 fully saturated rings. The highest BCUT2D eigenvalue weighted by molar-refractivity contribution is 5.85. The van der Waals surface area contributed by atoms with E-state index in [-0.39, 0.29) is 17.8 Å². The molecule has 1 N–H and O–H groups in total. The Labute approximate surface area is 162 Å². The number of hydrogen-bond donors (Lipinski definition) is 1. The van der Waals surface area contributed by atoms with Gasteiger partial charge in [0.2, 0.25) is 5.91 Å². The summed E-state index contributed by atoms with van der Waals surface area (Å²) in [6.45, 7) is 4.73. The summed E-state index contributed by atoms with van der Waals surface area (Å²) in [5.74, 6) is 1.74. The molecule has 5 nitrogen and oxygen atoms in total. The van der Waals surface area contributed by atoms with Crippen LogP contribution in [-0.2, 0) is 9.53 Å². The van der Waals surface area contributed by atoms with Gasteiger partial charge in [0.1, 0.15) is 5.75 Å². The Bertz CT molecular complexity index is 536. The van der Waals surface area contributed by atoms with E-state index < -0.39 is 0 Å². The van der Waals surface area contributed by atoms with E-state index in [1.165, 1.54) is 0 Å². The number of piperidine rings is 2. The lowest BCUT2D eigenvalue weighted by Crippen LogP contribution is -2.53. The Kier molecular flexibility index (Phi) is 8.19. The van der Waals surface area contributed by atoms with Crippen LogP contribution < -0.4 is 10.1 Å². The number of halogens is 1. The van der Waals surface area contributed by atoms with Crippen LogP contribution in [0.2, 0.25) is 0 Å². The zero-order chi connectivity index (χ0) is 17.5. The topological polar surface area (TPSA) is 50.8 Å². The van der Waals surface area contributed by atoms with Crippen LogP contribution in [-0.4, -0.2) is 57.3 Å². The zero-order valence-corrected chi connectivity index (χ0v) is 16.4. The SMILES string of the molecule is COCC1(C(=O)N2CCC(COc3ccccc3)CC2)CCNCC1.Cl. The molecule has 2 heterocycles. The number of amides is 1. The smallest absolute Gasteiger partial charge is 0.231 e. The van der Waals surface area contributed by atoms with Crippen LogP contribution in [0.3, 0.4) is 0 Å². The van der Waals surface area contributed by atoms with Crippen molar-refractivity contribution >= 4 is 18.3 Å². The van der Waals surface area contributed by atoms with E-state index in [1.807, 2.05) is 30.3 Å². The molecule has 0 aromatic heterocycles. The Balaban J connectivity index is 0.00000243. The molecule has 0 unspecified atom stereocenters. The van der Waals surface area contributed by atoms with Gasteiger partial charge in [-0.15, -0.1) is 12.4 Å². The fraction of sp³-hybridized carbons (Fsp3) is 0.650.